The number of hydrogen-bond donors (Lipinski definition) is 4. The van der Waals surface area contributed by atoms with Gasteiger partial charge in [-0.3, -0.25) is 39.0 Å². The van der Waals surface area contributed by atoms with Crippen molar-refractivity contribution in [2.75, 3.05) is 51.8 Å². The molecule has 3 aromatic rings. The van der Waals surface area contributed by atoms with Crippen LogP contribution in [0.2, 0.25) is 0 Å². The number of likely N-dealkylation sites (tertiary alicyclic amines) is 1. The van der Waals surface area contributed by atoms with Gasteiger partial charge in [-0.05, 0) is 75.5 Å². The molecule has 0 bridgehead atoms. The van der Waals surface area contributed by atoms with Crippen LogP contribution >= 0.6 is 0 Å². The normalized spacial score (nSPS) is 25.1. The van der Waals surface area contributed by atoms with Crippen LogP contribution in [0.15, 0.2) is 30.5 Å². The van der Waals surface area contributed by atoms with Crippen molar-refractivity contribution >= 4 is 52.0 Å². The molecule has 5 N–H and O–H groups in total. The first kappa shape index (κ1) is 44.4. The molecule has 2 aromatic heterocycles. The van der Waals surface area contributed by atoms with Gasteiger partial charge in [0, 0.05) is 56.3 Å². The molecule has 1 aliphatic carbocycles. The topological polar surface area (TPSA) is 224 Å². The maximum Gasteiger partial charge on any atom is 0.271 e. The minimum atomic E-state index is -1.60. The number of amides is 6. The summed E-state index contributed by atoms with van der Waals surface area (Å²) in [7, 11) is 1.40. The van der Waals surface area contributed by atoms with Crippen molar-refractivity contribution in [1.82, 2.24) is 30.4 Å². The monoisotopic (exact) mass is 880 g/mol. The highest BCUT2D eigenvalue weighted by Gasteiger charge is 2.46. The van der Waals surface area contributed by atoms with Crippen LogP contribution in [0.4, 0.5) is 10.1 Å². The summed E-state index contributed by atoms with van der Waals surface area (Å²) in [6.45, 7) is 5.56. The molecule has 17 nitrogen and oxygen atoms in total. The second-order valence-electron chi connectivity index (χ2n) is 17.1. The third-order valence-electron chi connectivity index (χ3n) is 13.1. The van der Waals surface area contributed by atoms with Crippen molar-refractivity contribution in [2.24, 2.45) is 23.5 Å². The number of nitrogens with two attached hydrogens (primary N) is 1. The molecule has 4 fully saturated rings. The van der Waals surface area contributed by atoms with E-state index in [0.717, 1.165) is 63.1 Å². The van der Waals surface area contributed by atoms with Gasteiger partial charge in [-0.2, -0.15) is 0 Å². The van der Waals surface area contributed by atoms with E-state index in [9.17, 15) is 33.2 Å². The van der Waals surface area contributed by atoms with Crippen molar-refractivity contribution in [1.29, 1.82) is 0 Å². The van der Waals surface area contributed by atoms with Crippen LogP contribution < -0.4 is 31.2 Å². The second kappa shape index (κ2) is 19.3. The van der Waals surface area contributed by atoms with Crippen LogP contribution in [0.3, 0.4) is 0 Å². The number of anilines is 1. The Kier molecular flexibility index (Phi) is 13.4. The van der Waals surface area contributed by atoms with E-state index in [4.69, 9.17) is 19.9 Å². The van der Waals surface area contributed by atoms with Gasteiger partial charge in [0.1, 0.15) is 12.6 Å². The molecule has 338 valence electrons. The lowest BCUT2D eigenvalue weighted by molar-refractivity contribution is -0.136. The average Bonchev–Trinajstić information content (AvgIpc) is 3.72. The molecule has 0 spiro atoms. The molecule has 0 radical (unpaired) electrons. The number of methoxy groups -OCH3 is 1. The van der Waals surface area contributed by atoms with Crippen molar-refractivity contribution < 1.29 is 47.4 Å². The Morgan fingerprint density at radius 3 is 2.53 bits per heavy atom. The zero-order valence-electron chi connectivity index (χ0n) is 36.0. The van der Waals surface area contributed by atoms with Crippen LogP contribution in [0.5, 0.6) is 11.6 Å². The van der Waals surface area contributed by atoms with E-state index < -0.39 is 59.6 Å². The molecule has 2 unspecified atom stereocenters. The van der Waals surface area contributed by atoms with Gasteiger partial charge in [-0.25, -0.2) is 14.4 Å². The lowest BCUT2D eigenvalue weighted by Gasteiger charge is -2.36. The molecule has 3 saturated heterocycles. The number of imide groups is 2. The van der Waals surface area contributed by atoms with E-state index in [-0.39, 0.29) is 59.9 Å². The third-order valence-corrected chi connectivity index (χ3v) is 13.1. The molecule has 4 aliphatic heterocycles. The van der Waals surface area contributed by atoms with Crippen molar-refractivity contribution in [2.45, 2.75) is 89.1 Å². The highest BCUT2D eigenvalue weighted by Crippen LogP contribution is 2.35. The first-order chi connectivity index (χ1) is 30.9. The number of pyridine rings is 2. The summed E-state index contributed by atoms with van der Waals surface area (Å²) in [6, 6.07) is 5.04. The van der Waals surface area contributed by atoms with Gasteiger partial charge in [0.25, 0.3) is 23.6 Å². The molecule has 64 heavy (non-hydrogen) atoms. The van der Waals surface area contributed by atoms with Crippen LogP contribution in [0.25, 0.3) is 10.9 Å². The molecule has 5 aliphatic rings. The SMILES string of the molecule is CC[C@H]1C(COc2ncc(C#CC3CCC(CN4CCC(OCCNc5cccc6c5C(=O)N(C5CCC(=O)NC5=O)C6=O)CC4)CC3)c3nc(C(N)=O)c(OC)cc23)NC(=O)[C@H]1F. The summed E-state index contributed by atoms with van der Waals surface area (Å²) in [5.74, 6) is 3.68. The Bertz CT molecular complexity index is 2400. The fourth-order valence-electron chi connectivity index (χ4n) is 9.62. The Balaban J connectivity index is 0.798. The number of ether oxygens (including phenoxy) is 3. The maximum atomic E-state index is 14.4. The number of nitrogens with one attached hydrogen (secondary N) is 3. The zero-order chi connectivity index (χ0) is 45.1. The minimum absolute atomic E-state index is 0.00427. The smallest absolute Gasteiger partial charge is 0.271 e. The highest BCUT2D eigenvalue weighted by molar-refractivity contribution is 6.25. The summed E-state index contributed by atoms with van der Waals surface area (Å²) in [5, 5.41) is 8.59. The third kappa shape index (κ3) is 9.23. The van der Waals surface area contributed by atoms with E-state index >= 15 is 0 Å². The number of halogens is 1. The number of carbonyl (C=O) groups excluding carboxylic acids is 6. The zero-order valence-corrected chi connectivity index (χ0v) is 36.0. The first-order valence-electron chi connectivity index (χ1n) is 22.1. The highest BCUT2D eigenvalue weighted by atomic mass is 19.1. The number of benzene rings is 1. The van der Waals surface area contributed by atoms with Crippen LogP contribution in [-0.4, -0.2) is 126 Å². The van der Waals surface area contributed by atoms with E-state index in [0.29, 0.717) is 47.6 Å². The molecule has 6 amide bonds. The summed E-state index contributed by atoms with van der Waals surface area (Å²) >= 11 is 0. The van der Waals surface area contributed by atoms with Gasteiger partial charge < -0.3 is 35.5 Å². The number of aromatic nitrogens is 2. The number of rotatable bonds is 14. The van der Waals surface area contributed by atoms with E-state index in [1.54, 1.807) is 30.5 Å². The summed E-state index contributed by atoms with van der Waals surface area (Å²) in [4.78, 5) is 87.5. The van der Waals surface area contributed by atoms with Crippen molar-refractivity contribution in [3.8, 4) is 23.5 Å². The molecule has 6 heterocycles. The van der Waals surface area contributed by atoms with Gasteiger partial charge in [-0.1, -0.05) is 24.8 Å². The van der Waals surface area contributed by atoms with Crippen LogP contribution in [0.1, 0.15) is 101 Å². The predicted molar refractivity (Wildman–Crippen MR) is 230 cm³/mol. The van der Waals surface area contributed by atoms with Crippen molar-refractivity contribution in [3.63, 3.8) is 0 Å². The van der Waals surface area contributed by atoms with Gasteiger partial charge in [-0.15, -0.1) is 0 Å². The Morgan fingerprint density at radius 1 is 1.03 bits per heavy atom. The van der Waals surface area contributed by atoms with Gasteiger partial charge in [0.2, 0.25) is 17.7 Å². The fourth-order valence-corrected chi connectivity index (χ4v) is 9.62. The molecule has 18 heteroatoms. The number of fused-ring (bicyclic) bond motifs is 2. The molecule has 1 saturated carbocycles. The molecule has 8 rings (SSSR count). The molecular formula is C46H53FN8O9. The van der Waals surface area contributed by atoms with Gasteiger partial charge in [0.15, 0.2) is 17.6 Å². The Hall–Kier alpha value is -6.19. The summed E-state index contributed by atoms with van der Waals surface area (Å²) in [6.07, 6.45) is 6.50. The molecular weight excluding hydrogens is 828 g/mol. The number of alkyl halides is 1. The van der Waals surface area contributed by atoms with Gasteiger partial charge in [0.05, 0.1) is 53.5 Å². The number of carbonyl (C=O) groups is 6. The quantitative estimate of drug-likeness (QED) is 0.104. The largest absolute Gasteiger partial charge is 0.494 e. The number of primary amides is 1. The van der Waals surface area contributed by atoms with Gasteiger partial charge >= 0.3 is 0 Å². The maximum absolute atomic E-state index is 14.4. The van der Waals surface area contributed by atoms with E-state index in [2.05, 4.69) is 42.7 Å². The first-order valence-corrected chi connectivity index (χ1v) is 22.1. The fraction of sp³-hybridized carbons (Fsp3) is 0.522. The Labute approximate surface area is 369 Å². The lowest BCUT2D eigenvalue weighted by Crippen LogP contribution is -2.54. The number of nitrogens with zero attached hydrogens (tertiary/aromatic N) is 4. The molecule has 4 atom stereocenters. The second-order valence-corrected chi connectivity index (χ2v) is 17.1. The van der Waals surface area contributed by atoms with E-state index in [1.165, 1.54) is 7.11 Å². The van der Waals surface area contributed by atoms with E-state index in [1.807, 2.05) is 6.92 Å². The minimum Gasteiger partial charge on any atom is -0.494 e. The lowest BCUT2D eigenvalue weighted by atomic mass is 9.81. The number of hydrogen-bond acceptors (Lipinski definition) is 13. The number of piperidine rings is 2. The summed E-state index contributed by atoms with van der Waals surface area (Å²) < 4.78 is 32.1. The summed E-state index contributed by atoms with van der Waals surface area (Å²) in [5.41, 5.74) is 7.45. The van der Waals surface area contributed by atoms with Crippen LogP contribution in [0, 0.1) is 29.6 Å². The van der Waals surface area contributed by atoms with Crippen LogP contribution in [-0.2, 0) is 19.1 Å². The standard InChI is InChI=1S/C46H53FN8O9/c1-3-29-33(51-43(59)38(29)47)24-64-44-31-21-35(62-2)40(41(48)57)53-39(31)27(22-50-44)12-11-25-7-9-26(10-8-25)23-54-18-15-28(16-19-54)63-20-17-49-32-6-4-5-30-37(32)46(61)55(45(30)60)34-13-14-36(56)52-42(34)58/h4-6,21-22,25-26,28-29,33-34,38,49H,3,7-10,13-20,23-24H2,1-2H3,(H2,48,57)(H,51,59)(H,52,56,58)/t25?,26?,29-,33?,34?,38-/m0/s1. The predicted octanol–water partition coefficient (Wildman–Crippen LogP) is 3.13. The van der Waals surface area contributed by atoms with Crippen molar-refractivity contribution in [3.05, 3.63) is 52.8 Å². The average molecular weight is 881 g/mol. The molecule has 1 aromatic carbocycles. The Morgan fingerprint density at radius 2 is 1.81 bits per heavy atom.